The summed E-state index contributed by atoms with van der Waals surface area (Å²) in [5.41, 5.74) is 2.71. The lowest BCUT2D eigenvalue weighted by Gasteiger charge is -2.09. The number of aryl methyl sites for hydroxylation is 2. The van der Waals surface area contributed by atoms with Gasteiger partial charge in [-0.25, -0.2) is 4.79 Å². The number of nitrogens with zero attached hydrogens (tertiary/aromatic N) is 2. The molecule has 3 N–H and O–H groups in total. The Balaban J connectivity index is 1.77. The molecule has 3 amide bonds. The molecule has 24 heavy (non-hydrogen) atoms. The number of amides is 3. The third kappa shape index (κ3) is 4.26. The number of nitrogens with one attached hydrogen (secondary N) is 3. The fourth-order valence-electron chi connectivity index (χ4n) is 2.20. The van der Waals surface area contributed by atoms with Crippen LogP contribution in [-0.2, 0) is 7.05 Å². The Labute approximate surface area is 145 Å². The number of anilines is 1. The molecule has 0 saturated heterocycles. The molecule has 128 valence electrons. The van der Waals surface area contributed by atoms with E-state index in [1.165, 1.54) is 0 Å². The van der Waals surface area contributed by atoms with Crippen LogP contribution in [-0.4, -0.2) is 34.8 Å². The number of benzene rings is 1. The molecule has 0 atom stereocenters. The lowest BCUT2D eigenvalue weighted by atomic mass is 10.2. The number of hydrogen-bond acceptors (Lipinski definition) is 3. The lowest BCUT2D eigenvalue weighted by molar-refractivity contribution is 0.0954. The number of urea groups is 1. The van der Waals surface area contributed by atoms with Crippen LogP contribution in [0.1, 0.15) is 21.7 Å². The summed E-state index contributed by atoms with van der Waals surface area (Å²) in [5.74, 6) is -0.276. The van der Waals surface area contributed by atoms with Crippen molar-refractivity contribution < 1.29 is 9.59 Å². The maximum absolute atomic E-state index is 12.0. The van der Waals surface area contributed by atoms with E-state index in [0.29, 0.717) is 29.4 Å². The van der Waals surface area contributed by atoms with Crippen LogP contribution in [0.5, 0.6) is 0 Å². The van der Waals surface area contributed by atoms with Crippen molar-refractivity contribution in [1.29, 1.82) is 0 Å². The Morgan fingerprint density at radius 3 is 2.46 bits per heavy atom. The van der Waals surface area contributed by atoms with Crippen molar-refractivity contribution >= 4 is 29.2 Å². The van der Waals surface area contributed by atoms with Gasteiger partial charge >= 0.3 is 6.03 Å². The van der Waals surface area contributed by atoms with Gasteiger partial charge in [0.2, 0.25) is 0 Å². The lowest BCUT2D eigenvalue weighted by Crippen LogP contribution is -2.37. The molecule has 2 aromatic rings. The van der Waals surface area contributed by atoms with E-state index >= 15 is 0 Å². The van der Waals surface area contributed by atoms with Crippen molar-refractivity contribution in [3.05, 3.63) is 46.2 Å². The molecule has 0 radical (unpaired) electrons. The minimum atomic E-state index is -0.346. The van der Waals surface area contributed by atoms with Crippen LogP contribution in [0.25, 0.3) is 0 Å². The Bertz CT molecular complexity index is 757. The first-order valence-electron chi connectivity index (χ1n) is 7.48. The van der Waals surface area contributed by atoms with Gasteiger partial charge < -0.3 is 16.0 Å². The Kier molecular flexibility index (Phi) is 5.81. The molecule has 0 spiro atoms. The summed E-state index contributed by atoms with van der Waals surface area (Å²) in [5, 5.41) is 12.8. The molecule has 2 rings (SSSR count). The number of rotatable bonds is 5. The molecule has 0 unspecified atom stereocenters. The number of aromatic nitrogens is 2. The van der Waals surface area contributed by atoms with E-state index in [4.69, 9.17) is 11.6 Å². The molecule has 1 heterocycles. The zero-order chi connectivity index (χ0) is 17.7. The highest BCUT2D eigenvalue weighted by Crippen LogP contribution is 2.17. The maximum atomic E-state index is 12.0. The molecule has 1 aromatic heterocycles. The second kappa shape index (κ2) is 7.83. The van der Waals surface area contributed by atoms with Gasteiger partial charge in [0.15, 0.2) is 0 Å². The van der Waals surface area contributed by atoms with E-state index in [9.17, 15) is 9.59 Å². The van der Waals surface area contributed by atoms with Gasteiger partial charge in [-0.15, -0.1) is 0 Å². The Morgan fingerprint density at radius 2 is 1.83 bits per heavy atom. The zero-order valence-electron chi connectivity index (χ0n) is 13.8. The molecule has 7 nitrogen and oxygen atoms in total. The molecule has 0 aliphatic rings. The third-order valence-electron chi connectivity index (χ3n) is 3.56. The average molecular weight is 350 g/mol. The van der Waals surface area contributed by atoms with E-state index < -0.39 is 0 Å². The Hall–Kier alpha value is -2.54. The molecule has 0 fully saturated rings. The van der Waals surface area contributed by atoms with Gasteiger partial charge in [0.05, 0.1) is 27.7 Å². The van der Waals surface area contributed by atoms with Crippen LogP contribution in [0.2, 0.25) is 5.02 Å². The van der Waals surface area contributed by atoms with Crippen LogP contribution in [0.15, 0.2) is 24.3 Å². The van der Waals surface area contributed by atoms with Gasteiger partial charge in [-0.2, -0.15) is 5.10 Å². The molecule has 1 aromatic carbocycles. The van der Waals surface area contributed by atoms with Crippen molar-refractivity contribution in [1.82, 2.24) is 20.4 Å². The summed E-state index contributed by atoms with van der Waals surface area (Å²) in [4.78, 5) is 23.9. The van der Waals surface area contributed by atoms with E-state index in [2.05, 4.69) is 21.0 Å². The van der Waals surface area contributed by atoms with Gasteiger partial charge in [-0.1, -0.05) is 23.7 Å². The van der Waals surface area contributed by atoms with Crippen molar-refractivity contribution in [2.24, 2.45) is 7.05 Å². The highest BCUT2D eigenvalue weighted by Gasteiger charge is 2.12. The number of halogens is 1. The standard InChI is InChI=1S/C16H20ClN5O2/c1-10-14(11(2)22(3)21-10)20-16(24)19-9-8-18-15(23)12-6-4-5-7-13(12)17/h4-7H,8-9H2,1-3H3,(H,18,23)(H2,19,20,24). The predicted molar refractivity (Wildman–Crippen MR) is 93.5 cm³/mol. The van der Waals surface area contributed by atoms with Crippen LogP contribution in [0, 0.1) is 13.8 Å². The number of hydrogen-bond donors (Lipinski definition) is 3. The Morgan fingerprint density at radius 1 is 1.17 bits per heavy atom. The van der Waals surface area contributed by atoms with E-state index in [0.717, 1.165) is 11.4 Å². The average Bonchev–Trinajstić information content (AvgIpc) is 2.78. The third-order valence-corrected chi connectivity index (χ3v) is 3.89. The van der Waals surface area contributed by atoms with Gasteiger partial charge in [0.25, 0.3) is 5.91 Å². The van der Waals surface area contributed by atoms with Crippen molar-refractivity contribution in [3.63, 3.8) is 0 Å². The smallest absolute Gasteiger partial charge is 0.319 e. The summed E-state index contributed by atoms with van der Waals surface area (Å²) in [6.07, 6.45) is 0. The normalized spacial score (nSPS) is 10.3. The summed E-state index contributed by atoms with van der Waals surface area (Å²) >= 11 is 5.96. The highest BCUT2D eigenvalue weighted by atomic mass is 35.5. The molecular formula is C16H20ClN5O2. The SMILES string of the molecule is Cc1nn(C)c(C)c1NC(=O)NCCNC(=O)c1ccccc1Cl. The predicted octanol–water partition coefficient (Wildman–Crippen LogP) is 2.24. The molecule has 0 aliphatic heterocycles. The first-order valence-corrected chi connectivity index (χ1v) is 7.85. The zero-order valence-corrected chi connectivity index (χ0v) is 14.6. The number of carbonyl (C=O) groups is 2. The van der Waals surface area contributed by atoms with Gasteiger partial charge in [0, 0.05) is 20.1 Å². The topological polar surface area (TPSA) is 88.1 Å². The minimum absolute atomic E-state index is 0.276. The fourth-order valence-corrected chi connectivity index (χ4v) is 2.43. The van der Waals surface area contributed by atoms with E-state index in [1.54, 1.807) is 28.9 Å². The fraction of sp³-hybridized carbons (Fsp3) is 0.312. The monoisotopic (exact) mass is 349 g/mol. The molecule has 8 heteroatoms. The number of carbonyl (C=O) groups excluding carboxylic acids is 2. The van der Waals surface area contributed by atoms with E-state index in [-0.39, 0.29) is 11.9 Å². The van der Waals surface area contributed by atoms with Crippen molar-refractivity contribution in [2.45, 2.75) is 13.8 Å². The van der Waals surface area contributed by atoms with Crippen LogP contribution < -0.4 is 16.0 Å². The quantitative estimate of drug-likeness (QED) is 0.723. The van der Waals surface area contributed by atoms with Gasteiger partial charge in [-0.3, -0.25) is 9.48 Å². The maximum Gasteiger partial charge on any atom is 0.319 e. The summed E-state index contributed by atoms with van der Waals surface area (Å²) in [6, 6.07) is 6.45. The first-order chi connectivity index (χ1) is 11.4. The van der Waals surface area contributed by atoms with Crippen molar-refractivity contribution in [2.75, 3.05) is 18.4 Å². The second-order valence-electron chi connectivity index (χ2n) is 5.29. The molecule has 0 bridgehead atoms. The molecule has 0 saturated carbocycles. The van der Waals surface area contributed by atoms with E-state index in [1.807, 2.05) is 20.9 Å². The summed E-state index contributed by atoms with van der Waals surface area (Å²) in [7, 11) is 1.82. The molecule has 0 aliphatic carbocycles. The first kappa shape index (κ1) is 17.8. The van der Waals surface area contributed by atoms with Gasteiger partial charge in [0.1, 0.15) is 0 Å². The van der Waals surface area contributed by atoms with Crippen molar-refractivity contribution in [3.8, 4) is 0 Å². The largest absolute Gasteiger partial charge is 0.350 e. The molecular weight excluding hydrogens is 330 g/mol. The van der Waals surface area contributed by atoms with Crippen LogP contribution in [0.3, 0.4) is 0 Å². The summed E-state index contributed by atoms with van der Waals surface area (Å²) in [6.45, 7) is 4.29. The van der Waals surface area contributed by atoms with Gasteiger partial charge in [-0.05, 0) is 26.0 Å². The van der Waals surface area contributed by atoms with Crippen LogP contribution >= 0.6 is 11.6 Å². The summed E-state index contributed by atoms with van der Waals surface area (Å²) < 4.78 is 1.70. The van der Waals surface area contributed by atoms with Crippen LogP contribution in [0.4, 0.5) is 10.5 Å². The highest BCUT2D eigenvalue weighted by molar-refractivity contribution is 6.33. The second-order valence-corrected chi connectivity index (χ2v) is 5.69. The minimum Gasteiger partial charge on any atom is -0.350 e.